The second-order valence-corrected chi connectivity index (χ2v) is 5.08. The normalized spacial score (nSPS) is 10.2. The Bertz CT molecular complexity index is 629. The molecule has 4 nitrogen and oxygen atoms in total. The van der Waals surface area contributed by atoms with Gasteiger partial charge in [-0.3, -0.25) is 4.79 Å². The molecule has 0 atom stereocenters. The monoisotopic (exact) mass is 325 g/mol. The van der Waals surface area contributed by atoms with E-state index in [1.807, 2.05) is 0 Å². The summed E-state index contributed by atoms with van der Waals surface area (Å²) in [6, 6.07) is 11.7. The molecule has 1 amide bonds. The van der Waals surface area contributed by atoms with E-state index >= 15 is 0 Å². The molecule has 21 heavy (non-hydrogen) atoms. The van der Waals surface area contributed by atoms with Gasteiger partial charge in [0.1, 0.15) is 5.75 Å². The number of carbonyl (C=O) groups excluding carboxylic acids is 1. The molecule has 2 aromatic rings. The molecule has 0 heterocycles. The quantitative estimate of drug-likeness (QED) is 0.884. The van der Waals surface area contributed by atoms with Crippen molar-refractivity contribution in [1.82, 2.24) is 0 Å². The first-order valence-electron chi connectivity index (χ1n) is 6.16. The Morgan fingerprint density at radius 1 is 1.10 bits per heavy atom. The Kier molecular flexibility index (Phi) is 5.44. The van der Waals surface area contributed by atoms with Crippen LogP contribution in [0.15, 0.2) is 42.5 Å². The van der Waals surface area contributed by atoms with E-state index in [2.05, 4.69) is 5.32 Å². The van der Waals surface area contributed by atoms with Crippen LogP contribution in [-0.4, -0.2) is 17.6 Å². The molecule has 0 aliphatic carbocycles. The van der Waals surface area contributed by atoms with Crippen molar-refractivity contribution in [2.75, 3.05) is 11.9 Å². The Hall–Kier alpha value is -1.75. The van der Waals surface area contributed by atoms with Crippen LogP contribution in [-0.2, 0) is 11.4 Å². The lowest BCUT2D eigenvalue weighted by Gasteiger charge is -2.08. The van der Waals surface area contributed by atoms with Crippen molar-refractivity contribution in [3.05, 3.63) is 58.1 Å². The average molecular weight is 326 g/mol. The standard InChI is InChI=1S/C15H13Cl2NO3/c16-13-6-5-12(7-14(13)17)21-9-15(20)18-11-3-1-10(8-19)2-4-11/h1-7,19H,8-9H2,(H,18,20). The number of ether oxygens (including phenoxy) is 1. The molecule has 0 aromatic heterocycles. The lowest BCUT2D eigenvalue weighted by molar-refractivity contribution is -0.118. The molecule has 0 aliphatic heterocycles. The van der Waals surface area contributed by atoms with Gasteiger partial charge in [-0.15, -0.1) is 0 Å². The topological polar surface area (TPSA) is 58.6 Å². The Labute approximate surface area is 132 Å². The number of hydrogen-bond acceptors (Lipinski definition) is 3. The summed E-state index contributed by atoms with van der Waals surface area (Å²) >= 11 is 11.6. The number of aliphatic hydroxyl groups excluding tert-OH is 1. The molecule has 0 spiro atoms. The highest BCUT2D eigenvalue weighted by atomic mass is 35.5. The summed E-state index contributed by atoms with van der Waals surface area (Å²) in [7, 11) is 0. The van der Waals surface area contributed by atoms with Crippen LogP contribution in [0.4, 0.5) is 5.69 Å². The number of aliphatic hydroxyl groups is 1. The van der Waals surface area contributed by atoms with E-state index in [4.69, 9.17) is 33.0 Å². The van der Waals surface area contributed by atoms with Gasteiger partial charge in [0.05, 0.1) is 16.7 Å². The van der Waals surface area contributed by atoms with Gasteiger partial charge in [-0.25, -0.2) is 0 Å². The summed E-state index contributed by atoms with van der Waals surface area (Å²) in [5.74, 6) is 0.174. The highest BCUT2D eigenvalue weighted by Crippen LogP contribution is 2.26. The molecule has 110 valence electrons. The van der Waals surface area contributed by atoms with E-state index in [-0.39, 0.29) is 19.1 Å². The second-order valence-electron chi connectivity index (χ2n) is 4.27. The Morgan fingerprint density at radius 2 is 1.81 bits per heavy atom. The highest BCUT2D eigenvalue weighted by molar-refractivity contribution is 6.42. The molecule has 0 saturated heterocycles. The number of amides is 1. The van der Waals surface area contributed by atoms with Crippen molar-refractivity contribution in [1.29, 1.82) is 0 Å². The summed E-state index contributed by atoms with van der Waals surface area (Å²) < 4.78 is 5.33. The molecule has 0 saturated carbocycles. The average Bonchev–Trinajstić information content (AvgIpc) is 2.49. The van der Waals surface area contributed by atoms with E-state index in [0.29, 0.717) is 21.5 Å². The van der Waals surface area contributed by atoms with Crippen molar-refractivity contribution in [3.63, 3.8) is 0 Å². The maximum Gasteiger partial charge on any atom is 0.262 e. The van der Waals surface area contributed by atoms with Crippen LogP contribution in [0.3, 0.4) is 0 Å². The van der Waals surface area contributed by atoms with Crippen molar-refractivity contribution in [2.24, 2.45) is 0 Å². The van der Waals surface area contributed by atoms with E-state index < -0.39 is 0 Å². The minimum absolute atomic E-state index is 0.0331. The highest BCUT2D eigenvalue weighted by Gasteiger charge is 2.05. The zero-order valence-electron chi connectivity index (χ0n) is 11.0. The minimum atomic E-state index is -0.294. The maximum atomic E-state index is 11.7. The van der Waals surface area contributed by atoms with Crippen LogP contribution < -0.4 is 10.1 Å². The predicted octanol–water partition coefficient (Wildman–Crippen LogP) is 3.50. The maximum absolute atomic E-state index is 11.7. The Balaban J connectivity index is 1.87. The molecule has 2 rings (SSSR count). The third-order valence-corrected chi connectivity index (χ3v) is 3.42. The van der Waals surface area contributed by atoms with Gasteiger partial charge in [-0.1, -0.05) is 35.3 Å². The summed E-state index contributed by atoms with van der Waals surface area (Å²) in [6.07, 6.45) is 0. The fourth-order valence-corrected chi connectivity index (χ4v) is 1.89. The fourth-order valence-electron chi connectivity index (χ4n) is 1.61. The van der Waals surface area contributed by atoms with Gasteiger partial charge in [0.25, 0.3) is 5.91 Å². The van der Waals surface area contributed by atoms with Crippen LogP contribution in [0.2, 0.25) is 10.0 Å². The van der Waals surface area contributed by atoms with Gasteiger partial charge >= 0.3 is 0 Å². The summed E-state index contributed by atoms with van der Waals surface area (Å²) in [6.45, 7) is -0.172. The molecule has 0 radical (unpaired) electrons. The number of anilines is 1. The lowest BCUT2D eigenvalue weighted by atomic mass is 10.2. The second kappa shape index (κ2) is 7.31. The fraction of sp³-hybridized carbons (Fsp3) is 0.133. The van der Waals surface area contributed by atoms with Gasteiger partial charge in [-0.2, -0.15) is 0 Å². The van der Waals surface area contributed by atoms with E-state index in [0.717, 1.165) is 5.56 Å². The number of halogens is 2. The molecule has 0 bridgehead atoms. The summed E-state index contributed by atoms with van der Waals surface area (Å²) in [5, 5.41) is 12.4. The molecule has 0 unspecified atom stereocenters. The van der Waals surface area contributed by atoms with Crippen molar-refractivity contribution in [2.45, 2.75) is 6.61 Å². The van der Waals surface area contributed by atoms with Crippen LogP contribution in [0.25, 0.3) is 0 Å². The van der Waals surface area contributed by atoms with Crippen molar-refractivity contribution in [3.8, 4) is 5.75 Å². The van der Waals surface area contributed by atoms with E-state index in [1.54, 1.807) is 42.5 Å². The third kappa shape index (κ3) is 4.63. The third-order valence-electron chi connectivity index (χ3n) is 2.68. The molecule has 2 N–H and O–H groups in total. The Morgan fingerprint density at radius 3 is 2.43 bits per heavy atom. The van der Waals surface area contributed by atoms with E-state index in [1.165, 1.54) is 0 Å². The molecule has 0 aliphatic rings. The van der Waals surface area contributed by atoms with Gasteiger partial charge in [0.15, 0.2) is 6.61 Å². The molecule has 0 fully saturated rings. The first kappa shape index (κ1) is 15.6. The number of rotatable bonds is 5. The zero-order valence-corrected chi connectivity index (χ0v) is 12.5. The minimum Gasteiger partial charge on any atom is -0.484 e. The molecule has 2 aromatic carbocycles. The van der Waals surface area contributed by atoms with Gasteiger partial charge in [0, 0.05) is 11.8 Å². The van der Waals surface area contributed by atoms with Crippen LogP contribution in [0, 0.1) is 0 Å². The largest absolute Gasteiger partial charge is 0.484 e. The van der Waals surface area contributed by atoms with Gasteiger partial charge < -0.3 is 15.2 Å². The van der Waals surface area contributed by atoms with Crippen molar-refractivity contribution < 1.29 is 14.6 Å². The summed E-state index contributed by atoms with van der Waals surface area (Å²) in [5.41, 5.74) is 1.41. The van der Waals surface area contributed by atoms with Crippen molar-refractivity contribution >= 4 is 34.8 Å². The predicted molar refractivity (Wildman–Crippen MR) is 83.0 cm³/mol. The molecular formula is C15H13Cl2NO3. The number of benzene rings is 2. The first-order valence-corrected chi connectivity index (χ1v) is 6.91. The number of hydrogen-bond donors (Lipinski definition) is 2. The first-order chi connectivity index (χ1) is 10.1. The van der Waals surface area contributed by atoms with Crippen LogP contribution in [0.1, 0.15) is 5.56 Å². The van der Waals surface area contributed by atoms with Gasteiger partial charge in [0.2, 0.25) is 0 Å². The smallest absolute Gasteiger partial charge is 0.262 e. The van der Waals surface area contributed by atoms with Crippen LogP contribution in [0.5, 0.6) is 5.75 Å². The SMILES string of the molecule is O=C(COc1ccc(Cl)c(Cl)c1)Nc1ccc(CO)cc1. The van der Waals surface area contributed by atoms with E-state index in [9.17, 15) is 4.79 Å². The van der Waals surface area contributed by atoms with Gasteiger partial charge in [-0.05, 0) is 29.8 Å². The molecule has 6 heteroatoms. The number of nitrogens with one attached hydrogen (secondary N) is 1. The van der Waals surface area contributed by atoms with Crippen LogP contribution >= 0.6 is 23.2 Å². The zero-order chi connectivity index (χ0) is 15.2. The lowest BCUT2D eigenvalue weighted by Crippen LogP contribution is -2.20. The number of carbonyl (C=O) groups is 1. The summed E-state index contributed by atoms with van der Waals surface area (Å²) in [4.78, 5) is 11.7. The molecular weight excluding hydrogens is 313 g/mol.